The topological polar surface area (TPSA) is 46.5 Å². The van der Waals surface area contributed by atoms with Crippen LogP contribution in [0.25, 0.3) is 0 Å². The minimum atomic E-state index is -0.922. The molecule has 0 aliphatic rings. The van der Waals surface area contributed by atoms with E-state index in [1.165, 1.54) is 70.6 Å². The highest BCUT2D eigenvalue weighted by Gasteiger charge is 2.11. The van der Waals surface area contributed by atoms with Gasteiger partial charge in [0, 0.05) is 0 Å². The molecule has 0 bridgehead atoms. The van der Waals surface area contributed by atoms with Gasteiger partial charge in [-0.15, -0.1) is 0 Å². The minimum Gasteiger partial charge on any atom is -0.493 e. The van der Waals surface area contributed by atoms with E-state index in [0.29, 0.717) is 12.4 Å². The molecule has 0 fully saturated rings. The smallest absolute Gasteiger partial charge is 0.339 e. The van der Waals surface area contributed by atoms with E-state index < -0.39 is 5.97 Å². The fourth-order valence-electron chi connectivity index (χ4n) is 3.24. The third-order valence-electron chi connectivity index (χ3n) is 4.87. The van der Waals surface area contributed by atoms with Gasteiger partial charge in [-0.05, 0) is 25.5 Å². The third-order valence-corrected chi connectivity index (χ3v) is 4.87. The molecule has 1 rings (SSSR count). The monoisotopic (exact) mass is 362 g/mol. The Bertz CT molecular complexity index is 496. The second-order valence-electron chi connectivity index (χ2n) is 7.40. The summed E-state index contributed by atoms with van der Waals surface area (Å²) in [5.74, 6) is -0.434. The molecule has 1 aromatic rings. The third kappa shape index (κ3) is 10.5. The second kappa shape index (κ2) is 14.6. The summed E-state index contributed by atoms with van der Waals surface area (Å²) in [6, 6.07) is 5.33. The van der Waals surface area contributed by atoms with Crippen LogP contribution in [0.4, 0.5) is 0 Å². The van der Waals surface area contributed by atoms with Crippen LogP contribution in [0.1, 0.15) is 106 Å². The van der Waals surface area contributed by atoms with Crippen LogP contribution >= 0.6 is 0 Å². The Hall–Kier alpha value is -1.51. The van der Waals surface area contributed by atoms with Crippen LogP contribution in [-0.2, 0) is 0 Å². The van der Waals surface area contributed by atoms with Gasteiger partial charge in [-0.25, -0.2) is 4.79 Å². The molecule has 0 saturated carbocycles. The first-order chi connectivity index (χ1) is 12.6. The van der Waals surface area contributed by atoms with Gasteiger partial charge in [-0.2, -0.15) is 0 Å². The van der Waals surface area contributed by atoms with Crippen molar-refractivity contribution < 1.29 is 14.6 Å². The Labute approximate surface area is 160 Å². The van der Waals surface area contributed by atoms with Crippen molar-refractivity contribution in [3.63, 3.8) is 0 Å². The molecule has 0 saturated heterocycles. The van der Waals surface area contributed by atoms with E-state index in [0.717, 1.165) is 18.4 Å². The molecule has 0 radical (unpaired) electrons. The molecule has 0 aromatic heterocycles. The van der Waals surface area contributed by atoms with Gasteiger partial charge >= 0.3 is 5.97 Å². The maximum Gasteiger partial charge on any atom is 0.339 e. The van der Waals surface area contributed by atoms with Crippen molar-refractivity contribution in [2.24, 2.45) is 0 Å². The summed E-state index contributed by atoms with van der Waals surface area (Å²) in [7, 11) is 0. The first-order valence-electron chi connectivity index (χ1n) is 10.6. The van der Waals surface area contributed by atoms with Gasteiger partial charge in [-0.3, -0.25) is 0 Å². The first-order valence-corrected chi connectivity index (χ1v) is 10.6. The molecule has 0 amide bonds. The normalized spacial score (nSPS) is 10.8. The quantitative estimate of drug-likeness (QED) is 0.317. The average Bonchev–Trinajstić information content (AvgIpc) is 2.62. The molecule has 1 N–H and O–H groups in total. The van der Waals surface area contributed by atoms with E-state index in [1.54, 1.807) is 12.1 Å². The number of rotatable bonds is 16. The summed E-state index contributed by atoms with van der Waals surface area (Å²) in [5.41, 5.74) is 1.20. The average molecular weight is 363 g/mol. The molecule has 0 heterocycles. The van der Waals surface area contributed by atoms with Gasteiger partial charge < -0.3 is 9.84 Å². The van der Waals surface area contributed by atoms with Crippen LogP contribution in [0.5, 0.6) is 5.75 Å². The fraction of sp³-hybridized carbons (Fsp3) is 0.696. The molecule has 0 spiro atoms. The predicted molar refractivity (Wildman–Crippen MR) is 109 cm³/mol. The van der Waals surface area contributed by atoms with Crippen molar-refractivity contribution in [2.45, 2.75) is 97.3 Å². The maximum absolute atomic E-state index is 11.2. The zero-order valence-electron chi connectivity index (χ0n) is 16.9. The van der Waals surface area contributed by atoms with Gasteiger partial charge in [0.2, 0.25) is 0 Å². The molecule has 0 aliphatic carbocycles. The summed E-state index contributed by atoms with van der Waals surface area (Å²) in [5, 5.41) is 9.23. The lowest BCUT2D eigenvalue weighted by Gasteiger charge is -2.09. The lowest BCUT2D eigenvalue weighted by atomic mass is 10.0. The van der Waals surface area contributed by atoms with E-state index in [2.05, 4.69) is 6.92 Å². The minimum absolute atomic E-state index is 0.264. The molecular formula is C23H38O3. The molecule has 26 heavy (non-hydrogen) atoms. The number of carbonyl (C=O) groups is 1. The number of hydrogen-bond acceptors (Lipinski definition) is 2. The number of unbranched alkanes of at least 4 members (excludes halogenated alkanes) is 12. The molecule has 0 atom stereocenters. The van der Waals surface area contributed by atoms with Crippen LogP contribution < -0.4 is 4.74 Å². The fourth-order valence-corrected chi connectivity index (χ4v) is 3.24. The van der Waals surface area contributed by atoms with Crippen molar-refractivity contribution in [1.82, 2.24) is 0 Å². The highest BCUT2D eigenvalue weighted by molar-refractivity contribution is 5.91. The number of ether oxygens (including phenoxy) is 1. The SMILES string of the molecule is CCCCCCCCCCCCCCCOc1ccc(C)cc1C(=O)O. The lowest BCUT2D eigenvalue weighted by molar-refractivity contribution is 0.0692. The van der Waals surface area contributed by atoms with Crippen LogP contribution in [0.15, 0.2) is 18.2 Å². The Balaban J connectivity index is 1.96. The molecular weight excluding hydrogens is 324 g/mol. The molecule has 3 nitrogen and oxygen atoms in total. The summed E-state index contributed by atoms with van der Waals surface area (Å²) in [6.07, 6.45) is 17.2. The highest BCUT2D eigenvalue weighted by Crippen LogP contribution is 2.20. The first kappa shape index (κ1) is 22.5. The van der Waals surface area contributed by atoms with E-state index in [-0.39, 0.29) is 5.56 Å². The van der Waals surface area contributed by atoms with Gasteiger partial charge in [0.1, 0.15) is 11.3 Å². The second-order valence-corrected chi connectivity index (χ2v) is 7.40. The zero-order valence-corrected chi connectivity index (χ0v) is 16.9. The van der Waals surface area contributed by atoms with Crippen LogP contribution in [0, 0.1) is 6.92 Å². The summed E-state index contributed by atoms with van der Waals surface area (Å²) in [4.78, 5) is 11.2. The van der Waals surface area contributed by atoms with Gasteiger partial charge in [-0.1, -0.05) is 95.6 Å². The predicted octanol–water partition coefficient (Wildman–Crippen LogP) is 7.16. The Morgan fingerprint density at radius 3 is 1.85 bits per heavy atom. The summed E-state index contributed by atoms with van der Waals surface area (Å²) < 4.78 is 5.67. The maximum atomic E-state index is 11.2. The molecule has 3 heteroatoms. The van der Waals surface area contributed by atoms with Crippen molar-refractivity contribution in [3.05, 3.63) is 29.3 Å². The van der Waals surface area contributed by atoms with Crippen LogP contribution in [0.3, 0.4) is 0 Å². The van der Waals surface area contributed by atoms with E-state index >= 15 is 0 Å². The van der Waals surface area contributed by atoms with Gasteiger partial charge in [0.15, 0.2) is 0 Å². The Kier molecular flexibility index (Phi) is 12.7. The van der Waals surface area contributed by atoms with Gasteiger partial charge in [0.25, 0.3) is 0 Å². The lowest BCUT2D eigenvalue weighted by Crippen LogP contribution is -2.05. The standard InChI is InChI=1S/C23H38O3/c1-3-4-5-6-7-8-9-10-11-12-13-14-15-18-26-22-17-16-20(2)19-21(22)23(24)25/h16-17,19H,3-15,18H2,1-2H3,(H,24,25). The Morgan fingerprint density at radius 2 is 1.35 bits per heavy atom. The van der Waals surface area contributed by atoms with Crippen LogP contribution in [-0.4, -0.2) is 17.7 Å². The van der Waals surface area contributed by atoms with Crippen molar-refractivity contribution in [1.29, 1.82) is 0 Å². The molecule has 148 valence electrons. The summed E-state index contributed by atoms with van der Waals surface area (Å²) in [6.45, 7) is 4.76. The van der Waals surface area contributed by atoms with Gasteiger partial charge in [0.05, 0.1) is 6.61 Å². The molecule has 1 aromatic carbocycles. The number of carboxylic acids is 1. The van der Waals surface area contributed by atoms with E-state index in [1.807, 2.05) is 13.0 Å². The summed E-state index contributed by atoms with van der Waals surface area (Å²) >= 11 is 0. The number of aromatic carboxylic acids is 1. The van der Waals surface area contributed by atoms with Crippen molar-refractivity contribution in [3.8, 4) is 5.75 Å². The van der Waals surface area contributed by atoms with Crippen molar-refractivity contribution in [2.75, 3.05) is 6.61 Å². The van der Waals surface area contributed by atoms with Crippen molar-refractivity contribution >= 4 is 5.97 Å². The highest BCUT2D eigenvalue weighted by atomic mass is 16.5. The Morgan fingerprint density at radius 1 is 0.846 bits per heavy atom. The van der Waals surface area contributed by atoms with E-state index in [4.69, 9.17) is 4.74 Å². The zero-order chi connectivity index (χ0) is 19.0. The number of hydrogen-bond donors (Lipinski definition) is 1. The number of aryl methyl sites for hydroxylation is 1. The molecule has 0 unspecified atom stereocenters. The molecule has 0 aliphatic heterocycles. The van der Waals surface area contributed by atoms with Crippen LogP contribution in [0.2, 0.25) is 0 Å². The number of carboxylic acid groups (broad SMARTS) is 1. The van der Waals surface area contributed by atoms with E-state index in [9.17, 15) is 9.90 Å². The largest absolute Gasteiger partial charge is 0.493 e. The number of benzene rings is 1.